The van der Waals surface area contributed by atoms with Crippen LogP contribution in [-0.4, -0.2) is 47.8 Å². The molecule has 1 heterocycles. The van der Waals surface area contributed by atoms with E-state index in [0.717, 1.165) is 16.8 Å². The van der Waals surface area contributed by atoms with E-state index in [1.54, 1.807) is 0 Å². The summed E-state index contributed by atoms with van der Waals surface area (Å²) in [6.07, 6.45) is 8.31. The maximum absolute atomic E-state index is 12.6. The molecule has 0 N–H and O–H groups in total. The van der Waals surface area contributed by atoms with Gasteiger partial charge in [-0.05, 0) is 30.5 Å². The van der Waals surface area contributed by atoms with Crippen molar-refractivity contribution >= 4 is 27.7 Å². The van der Waals surface area contributed by atoms with Gasteiger partial charge in [-0.1, -0.05) is 54.1 Å². The number of benzene rings is 1. The highest BCUT2D eigenvalue weighted by Gasteiger charge is 2.25. The van der Waals surface area contributed by atoms with Crippen LogP contribution in [0.3, 0.4) is 0 Å². The Balaban J connectivity index is 1.44. The molecule has 5 heteroatoms. The minimum Gasteiger partial charge on any atom is -0.339 e. The molecule has 0 atom stereocenters. The minimum absolute atomic E-state index is 0.0515. The smallest absolute Gasteiger partial charge is 0.254 e. The highest BCUT2D eigenvalue weighted by molar-refractivity contribution is 9.10. The van der Waals surface area contributed by atoms with E-state index in [9.17, 15) is 9.59 Å². The fraction of sp³-hybridized carbons (Fsp3) is 0.600. The maximum Gasteiger partial charge on any atom is 0.254 e. The van der Waals surface area contributed by atoms with Crippen LogP contribution in [0.15, 0.2) is 28.7 Å². The van der Waals surface area contributed by atoms with Crippen molar-refractivity contribution < 1.29 is 9.59 Å². The topological polar surface area (TPSA) is 40.6 Å². The number of amides is 2. The Labute approximate surface area is 158 Å². The lowest BCUT2D eigenvalue weighted by molar-refractivity contribution is -0.133. The number of piperazine rings is 1. The van der Waals surface area contributed by atoms with Gasteiger partial charge in [0.05, 0.1) is 0 Å². The molecule has 0 unspecified atom stereocenters. The molecule has 0 bridgehead atoms. The van der Waals surface area contributed by atoms with Crippen molar-refractivity contribution in [3.8, 4) is 0 Å². The van der Waals surface area contributed by atoms with Gasteiger partial charge >= 0.3 is 0 Å². The number of carbonyl (C=O) groups is 2. The number of carbonyl (C=O) groups excluding carboxylic acids is 2. The summed E-state index contributed by atoms with van der Waals surface area (Å²) >= 11 is 3.41. The first-order chi connectivity index (χ1) is 12.1. The van der Waals surface area contributed by atoms with Crippen LogP contribution in [0, 0.1) is 5.92 Å². The van der Waals surface area contributed by atoms with Crippen LogP contribution in [0.1, 0.15) is 55.3 Å². The molecule has 1 saturated carbocycles. The molecule has 2 fully saturated rings. The molecule has 0 spiro atoms. The van der Waals surface area contributed by atoms with Crippen LogP contribution >= 0.6 is 15.9 Å². The summed E-state index contributed by atoms with van der Waals surface area (Å²) in [5.74, 6) is 1.06. The SMILES string of the molecule is O=C(CCC1CCCCC1)N1CCN(C(=O)c2cccc(Br)c2)CC1. The Hall–Kier alpha value is -1.36. The third-order valence-corrected chi connectivity index (χ3v) is 5.98. The Kier molecular flexibility index (Phi) is 6.51. The van der Waals surface area contributed by atoms with Gasteiger partial charge in [0.1, 0.15) is 0 Å². The van der Waals surface area contributed by atoms with E-state index in [4.69, 9.17) is 0 Å². The average molecular weight is 407 g/mol. The molecule has 2 aliphatic rings. The molecule has 25 heavy (non-hydrogen) atoms. The number of rotatable bonds is 4. The average Bonchev–Trinajstić information content (AvgIpc) is 2.66. The monoisotopic (exact) mass is 406 g/mol. The molecule has 0 radical (unpaired) electrons. The highest BCUT2D eigenvalue weighted by Crippen LogP contribution is 2.27. The summed E-state index contributed by atoms with van der Waals surface area (Å²) < 4.78 is 0.912. The molecule has 2 amide bonds. The van der Waals surface area contributed by atoms with Gasteiger partial charge in [-0.3, -0.25) is 9.59 Å². The fourth-order valence-electron chi connectivity index (χ4n) is 3.92. The number of nitrogens with zero attached hydrogens (tertiary/aromatic N) is 2. The minimum atomic E-state index is 0.0515. The van der Waals surface area contributed by atoms with Crippen molar-refractivity contribution in [1.29, 1.82) is 0 Å². The molecule has 1 aromatic rings. The van der Waals surface area contributed by atoms with Crippen LogP contribution in [0.5, 0.6) is 0 Å². The van der Waals surface area contributed by atoms with Gasteiger partial charge in [0.15, 0.2) is 0 Å². The second kappa shape index (κ2) is 8.84. The van der Waals surface area contributed by atoms with E-state index >= 15 is 0 Å². The first-order valence-corrected chi connectivity index (χ1v) is 10.3. The largest absolute Gasteiger partial charge is 0.339 e. The van der Waals surface area contributed by atoms with Crippen LogP contribution in [0.2, 0.25) is 0 Å². The highest BCUT2D eigenvalue weighted by atomic mass is 79.9. The van der Waals surface area contributed by atoms with E-state index in [-0.39, 0.29) is 11.8 Å². The van der Waals surface area contributed by atoms with Gasteiger partial charge in [-0.2, -0.15) is 0 Å². The summed E-state index contributed by atoms with van der Waals surface area (Å²) in [5, 5.41) is 0. The Bertz CT molecular complexity index is 605. The van der Waals surface area contributed by atoms with Crippen LogP contribution in [0.25, 0.3) is 0 Å². The fourth-order valence-corrected chi connectivity index (χ4v) is 4.32. The molecule has 4 nitrogen and oxygen atoms in total. The normalized spacial score (nSPS) is 19.1. The third-order valence-electron chi connectivity index (χ3n) is 5.48. The van der Waals surface area contributed by atoms with Gasteiger partial charge < -0.3 is 9.80 Å². The van der Waals surface area contributed by atoms with Crippen molar-refractivity contribution in [3.05, 3.63) is 34.3 Å². The summed E-state index contributed by atoms with van der Waals surface area (Å²) in [6.45, 7) is 2.56. The standard InChI is InChI=1S/C20H27BrN2O2/c21-18-8-4-7-17(15-18)20(25)23-13-11-22(12-14-23)19(24)10-9-16-5-2-1-3-6-16/h4,7-8,15-16H,1-3,5-6,9-14H2. The summed E-state index contributed by atoms with van der Waals surface area (Å²) in [6, 6.07) is 7.49. The zero-order chi connectivity index (χ0) is 17.6. The lowest BCUT2D eigenvalue weighted by Gasteiger charge is -2.35. The summed E-state index contributed by atoms with van der Waals surface area (Å²) in [7, 11) is 0. The first kappa shape index (κ1) is 18.4. The third kappa shape index (κ3) is 5.06. The van der Waals surface area contributed by atoms with Gasteiger partial charge in [-0.15, -0.1) is 0 Å². The predicted molar refractivity (Wildman–Crippen MR) is 102 cm³/mol. The second-order valence-electron chi connectivity index (χ2n) is 7.23. The molecule has 1 aliphatic heterocycles. The van der Waals surface area contributed by atoms with Gasteiger partial charge in [0, 0.05) is 42.6 Å². The van der Waals surface area contributed by atoms with Crippen LogP contribution < -0.4 is 0 Å². The molecule has 1 saturated heterocycles. The Morgan fingerprint density at radius 2 is 1.68 bits per heavy atom. The van der Waals surface area contributed by atoms with Crippen LogP contribution in [0.4, 0.5) is 0 Å². The molecule has 1 aromatic carbocycles. The van der Waals surface area contributed by atoms with E-state index in [1.807, 2.05) is 34.1 Å². The lowest BCUT2D eigenvalue weighted by atomic mass is 9.86. The second-order valence-corrected chi connectivity index (χ2v) is 8.14. The molecule has 0 aromatic heterocycles. The number of hydrogen-bond donors (Lipinski definition) is 0. The van der Waals surface area contributed by atoms with Crippen molar-refractivity contribution in [2.24, 2.45) is 5.92 Å². The molecule has 1 aliphatic carbocycles. The van der Waals surface area contributed by atoms with Crippen molar-refractivity contribution in [2.45, 2.75) is 44.9 Å². The quantitative estimate of drug-likeness (QED) is 0.754. The molecule has 3 rings (SSSR count). The van der Waals surface area contributed by atoms with E-state index < -0.39 is 0 Å². The lowest BCUT2D eigenvalue weighted by Crippen LogP contribution is -2.50. The number of halogens is 1. The van der Waals surface area contributed by atoms with Crippen molar-refractivity contribution in [1.82, 2.24) is 9.80 Å². The zero-order valence-corrected chi connectivity index (χ0v) is 16.3. The summed E-state index contributed by atoms with van der Waals surface area (Å²) in [5.41, 5.74) is 0.700. The maximum atomic E-state index is 12.6. The molecule has 136 valence electrons. The van der Waals surface area contributed by atoms with E-state index in [1.165, 1.54) is 32.1 Å². The van der Waals surface area contributed by atoms with Gasteiger partial charge in [0.25, 0.3) is 5.91 Å². The van der Waals surface area contributed by atoms with E-state index in [0.29, 0.717) is 38.2 Å². The van der Waals surface area contributed by atoms with Crippen molar-refractivity contribution in [2.75, 3.05) is 26.2 Å². The Morgan fingerprint density at radius 3 is 2.36 bits per heavy atom. The molecular formula is C20H27BrN2O2. The Morgan fingerprint density at radius 1 is 1.00 bits per heavy atom. The number of hydrogen-bond acceptors (Lipinski definition) is 2. The molecular weight excluding hydrogens is 380 g/mol. The zero-order valence-electron chi connectivity index (χ0n) is 14.8. The predicted octanol–water partition coefficient (Wildman–Crippen LogP) is 4.09. The van der Waals surface area contributed by atoms with Gasteiger partial charge in [-0.25, -0.2) is 0 Å². The first-order valence-electron chi connectivity index (χ1n) is 9.46. The van der Waals surface area contributed by atoms with Crippen LogP contribution in [-0.2, 0) is 4.79 Å². The van der Waals surface area contributed by atoms with Gasteiger partial charge in [0.2, 0.25) is 5.91 Å². The van der Waals surface area contributed by atoms with E-state index in [2.05, 4.69) is 15.9 Å². The van der Waals surface area contributed by atoms with Crippen molar-refractivity contribution in [3.63, 3.8) is 0 Å². The summed E-state index contributed by atoms with van der Waals surface area (Å²) in [4.78, 5) is 28.8.